The molecule has 0 spiro atoms. The fourth-order valence-electron chi connectivity index (χ4n) is 2.36. The van der Waals surface area contributed by atoms with Crippen molar-refractivity contribution in [2.75, 3.05) is 11.2 Å². The number of halogens is 2. The highest BCUT2D eigenvalue weighted by Crippen LogP contribution is 2.23. The highest BCUT2D eigenvalue weighted by molar-refractivity contribution is 6.30. The molecule has 0 unspecified atom stereocenters. The molecule has 6 heteroatoms. The molecule has 0 aliphatic carbocycles. The van der Waals surface area contributed by atoms with E-state index in [4.69, 9.17) is 23.2 Å². The standard InChI is InChI=1S/C17H15Cl2N3O/c18-10-3-11-22-17(23)15-5-2-1-4-14(15)16(21-22)20-13-8-6-12(19)7-9-13/h1-2,4-9H,3,10-11H2,(H,20,21). The van der Waals surface area contributed by atoms with Crippen LogP contribution in [0.3, 0.4) is 0 Å². The van der Waals surface area contributed by atoms with E-state index in [-0.39, 0.29) is 5.56 Å². The maximum atomic E-state index is 12.5. The average Bonchev–Trinajstić information content (AvgIpc) is 2.58. The van der Waals surface area contributed by atoms with Gasteiger partial charge in [0.1, 0.15) is 0 Å². The Labute approximate surface area is 143 Å². The van der Waals surface area contributed by atoms with E-state index in [0.717, 1.165) is 11.1 Å². The minimum Gasteiger partial charge on any atom is -0.338 e. The van der Waals surface area contributed by atoms with Crippen molar-refractivity contribution in [3.63, 3.8) is 0 Å². The van der Waals surface area contributed by atoms with Crippen LogP contribution >= 0.6 is 23.2 Å². The topological polar surface area (TPSA) is 46.9 Å². The second kappa shape index (κ2) is 7.02. The van der Waals surface area contributed by atoms with Crippen molar-refractivity contribution in [1.82, 2.24) is 9.78 Å². The number of hydrogen-bond acceptors (Lipinski definition) is 3. The number of alkyl halides is 1. The molecule has 3 aromatic rings. The molecule has 0 atom stereocenters. The smallest absolute Gasteiger partial charge is 0.274 e. The van der Waals surface area contributed by atoms with Gasteiger partial charge in [0.15, 0.2) is 5.82 Å². The van der Waals surface area contributed by atoms with Crippen LogP contribution < -0.4 is 10.9 Å². The molecule has 0 radical (unpaired) electrons. The number of aryl methyl sites for hydroxylation is 1. The molecule has 0 aliphatic heterocycles. The Morgan fingerprint density at radius 1 is 1.04 bits per heavy atom. The molecule has 1 heterocycles. The largest absolute Gasteiger partial charge is 0.338 e. The van der Waals surface area contributed by atoms with Crippen molar-refractivity contribution < 1.29 is 0 Å². The summed E-state index contributed by atoms with van der Waals surface area (Å²) >= 11 is 11.6. The van der Waals surface area contributed by atoms with Crippen molar-refractivity contribution in [2.24, 2.45) is 0 Å². The number of nitrogens with zero attached hydrogens (tertiary/aromatic N) is 2. The van der Waals surface area contributed by atoms with Crippen LogP contribution in [0.4, 0.5) is 11.5 Å². The van der Waals surface area contributed by atoms with E-state index < -0.39 is 0 Å². The summed E-state index contributed by atoms with van der Waals surface area (Å²) in [6.07, 6.45) is 0.688. The molecule has 0 fully saturated rings. The van der Waals surface area contributed by atoms with Crippen molar-refractivity contribution in [3.05, 3.63) is 63.9 Å². The van der Waals surface area contributed by atoms with Gasteiger partial charge in [-0.15, -0.1) is 11.6 Å². The second-order valence-electron chi connectivity index (χ2n) is 5.10. The first-order chi connectivity index (χ1) is 11.2. The molecule has 0 bridgehead atoms. The van der Waals surface area contributed by atoms with Crippen LogP contribution in [0, 0.1) is 0 Å². The van der Waals surface area contributed by atoms with Crippen molar-refractivity contribution >= 4 is 45.5 Å². The van der Waals surface area contributed by atoms with Crippen LogP contribution in [0.5, 0.6) is 0 Å². The SMILES string of the molecule is O=c1c2ccccc2c(Nc2ccc(Cl)cc2)nn1CCCCl. The number of aromatic nitrogens is 2. The Hall–Kier alpha value is -2.04. The Bertz CT molecular complexity index is 875. The lowest BCUT2D eigenvalue weighted by molar-refractivity contribution is 0.579. The third kappa shape index (κ3) is 3.49. The molecule has 0 saturated carbocycles. The summed E-state index contributed by atoms with van der Waals surface area (Å²) in [5, 5.41) is 9.80. The normalized spacial score (nSPS) is 10.9. The Balaban J connectivity index is 2.08. The van der Waals surface area contributed by atoms with E-state index in [0.29, 0.717) is 35.1 Å². The average molecular weight is 348 g/mol. The maximum absolute atomic E-state index is 12.5. The molecule has 118 valence electrons. The third-order valence-corrected chi connectivity index (χ3v) is 4.00. The van der Waals surface area contributed by atoms with Crippen molar-refractivity contribution in [1.29, 1.82) is 0 Å². The minimum atomic E-state index is -0.104. The Morgan fingerprint density at radius 3 is 2.43 bits per heavy atom. The number of hydrogen-bond donors (Lipinski definition) is 1. The van der Waals surface area contributed by atoms with E-state index in [1.54, 1.807) is 12.1 Å². The predicted octanol–water partition coefficient (Wildman–Crippen LogP) is 4.42. The Kier molecular flexibility index (Phi) is 4.84. The maximum Gasteiger partial charge on any atom is 0.274 e. The van der Waals surface area contributed by atoms with Gasteiger partial charge in [0.25, 0.3) is 5.56 Å². The molecule has 0 saturated heterocycles. The van der Waals surface area contributed by atoms with Gasteiger partial charge in [0.05, 0.1) is 5.39 Å². The van der Waals surface area contributed by atoms with Gasteiger partial charge in [-0.1, -0.05) is 29.8 Å². The summed E-state index contributed by atoms with van der Waals surface area (Å²) in [4.78, 5) is 12.5. The predicted molar refractivity (Wildman–Crippen MR) is 96.1 cm³/mol. The molecule has 2 aromatic carbocycles. The second-order valence-corrected chi connectivity index (χ2v) is 5.91. The number of rotatable bonds is 5. The van der Waals surface area contributed by atoms with E-state index in [9.17, 15) is 4.79 Å². The lowest BCUT2D eigenvalue weighted by Crippen LogP contribution is -2.24. The molecule has 0 aliphatic rings. The fraction of sp³-hybridized carbons (Fsp3) is 0.176. The zero-order valence-electron chi connectivity index (χ0n) is 12.3. The summed E-state index contributed by atoms with van der Waals surface area (Å²) < 4.78 is 1.46. The van der Waals surface area contributed by atoms with Gasteiger partial charge in [-0.3, -0.25) is 4.79 Å². The molecule has 0 amide bonds. The van der Waals surface area contributed by atoms with E-state index >= 15 is 0 Å². The van der Waals surface area contributed by atoms with Crippen LogP contribution in [0.1, 0.15) is 6.42 Å². The van der Waals surface area contributed by atoms with Crippen molar-refractivity contribution in [2.45, 2.75) is 13.0 Å². The Morgan fingerprint density at radius 2 is 1.74 bits per heavy atom. The third-order valence-electron chi connectivity index (χ3n) is 3.48. The quantitative estimate of drug-likeness (QED) is 0.694. The van der Waals surface area contributed by atoms with Crippen LogP contribution in [-0.4, -0.2) is 15.7 Å². The summed E-state index contributed by atoms with van der Waals surface area (Å²) in [6.45, 7) is 0.489. The lowest BCUT2D eigenvalue weighted by Gasteiger charge is -2.12. The first kappa shape index (κ1) is 15.8. The van der Waals surface area contributed by atoms with Gasteiger partial charge in [0, 0.05) is 28.5 Å². The zero-order chi connectivity index (χ0) is 16.2. The van der Waals surface area contributed by atoms with Crippen LogP contribution in [0.25, 0.3) is 10.8 Å². The highest BCUT2D eigenvalue weighted by atomic mass is 35.5. The lowest BCUT2D eigenvalue weighted by atomic mass is 10.2. The van der Waals surface area contributed by atoms with Gasteiger partial charge in [-0.25, -0.2) is 4.68 Å². The highest BCUT2D eigenvalue weighted by Gasteiger charge is 2.10. The molecular weight excluding hydrogens is 333 g/mol. The monoisotopic (exact) mass is 347 g/mol. The van der Waals surface area contributed by atoms with Gasteiger partial charge < -0.3 is 5.32 Å². The van der Waals surface area contributed by atoms with Gasteiger partial charge in [0.2, 0.25) is 0 Å². The van der Waals surface area contributed by atoms with Crippen LogP contribution in [-0.2, 0) is 6.54 Å². The molecular formula is C17H15Cl2N3O. The van der Waals surface area contributed by atoms with Crippen molar-refractivity contribution in [3.8, 4) is 0 Å². The van der Waals surface area contributed by atoms with E-state index in [2.05, 4.69) is 10.4 Å². The number of anilines is 2. The van der Waals surface area contributed by atoms with Gasteiger partial charge in [-0.2, -0.15) is 5.10 Å². The van der Waals surface area contributed by atoms with Crippen LogP contribution in [0.15, 0.2) is 53.3 Å². The molecule has 4 nitrogen and oxygen atoms in total. The molecule has 3 rings (SSSR count). The number of benzene rings is 2. The van der Waals surface area contributed by atoms with E-state index in [1.165, 1.54) is 4.68 Å². The molecule has 1 N–H and O–H groups in total. The minimum absolute atomic E-state index is 0.104. The summed E-state index contributed by atoms with van der Waals surface area (Å²) in [5.41, 5.74) is 0.752. The summed E-state index contributed by atoms with van der Waals surface area (Å²) in [7, 11) is 0. The molecule has 23 heavy (non-hydrogen) atoms. The first-order valence-electron chi connectivity index (χ1n) is 7.27. The number of fused-ring (bicyclic) bond motifs is 1. The van der Waals surface area contributed by atoms with Gasteiger partial charge >= 0.3 is 0 Å². The van der Waals surface area contributed by atoms with Crippen LogP contribution in [0.2, 0.25) is 5.02 Å². The summed E-state index contributed by atoms with van der Waals surface area (Å²) in [5.74, 6) is 1.12. The zero-order valence-corrected chi connectivity index (χ0v) is 13.8. The molecule has 1 aromatic heterocycles. The summed E-state index contributed by atoms with van der Waals surface area (Å²) in [6, 6.07) is 14.8. The first-order valence-corrected chi connectivity index (χ1v) is 8.19. The number of nitrogens with one attached hydrogen (secondary N) is 1. The van der Waals surface area contributed by atoms with E-state index in [1.807, 2.05) is 36.4 Å². The van der Waals surface area contributed by atoms with Gasteiger partial charge in [-0.05, 0) is 36.8 Å². The fourth-order valence-corrected chi connectivity index (χ4v) is 2.60.